The summed E-state index contributed by atoms with van der Waals surface area (Å²) in [7, 11) is 1.89. The molecule has 2 heterocycles. The van der Waals surface area contributed by atoms with E-state index in [0.717, 1.165) is 17.0 Å². The molecule has 0 aromatic carbocycles. The zero-order valence-corrected chi connectivity index (χ0v) is 13.5. The molecule has 1 fully saturated rings. The van der Waals surface area contributed by atoms with Crippen LogP contribution in [0, 0.1) is 19.8 Å². The van der Waals surface area contributed by atoms with Crippen molar-refractivity contribution in [1.82, 2.24) is 14.7 Å². The van der Waals surface area contributed by atoms with E-state index in [2.05, 4.69) is 5.10 Å². The van der Waals surface area contributed by atoms with Gasteiger partial charge < -0.3 is 14.7 Å². The summed E-state index contributed by atoms with van der Waals surface area (Å²) in [5.74, 6) is -1.27. The molecule has 1 N–H and O–H groups in total. The van der Waals surface area contributed by atoms with Crippen molar-refractivity contribution in [2.24, 2.45) is 13.0 Å². The third kappa shape index (κ3) is 3.30. The second kappa shape index (κ2) is 6.48. The number of carbonyl (C=O) groups excluding carboxylic acids is 1. The van der Waals surface area contributed by atoms with Crippen LogP contribution >= 0.6 is 0 Å². The Morgan fingerprint density at radius 1 is 1.45 bits per heavy atom. The highest BCUT2D eigenvalue weighted by Gasteiger charge is 2.31. The molecule has 1 aromatic rings. The average Bonchev–Trinajstić information content (AvgIpc) is 2.73. The van der Waals surface area contributed by atoms with E-state index in [4.69, 9.17) is 9.84 Å². The van der Waals surface area contributed by atoms with E-state index in [-0.39, 0.29) is 25.0 Å². The summed E-state index contributed by atoms with van der Waals surface area (Å²) in [5.41, 5.74) is 3.08. The normalized spacial score (nSPS) is 20.0. The van der Waals surface area contributed by atoms with Gasteiger partial charge in [-0.05, 0) is 25.8 Å². The number of carboxylic acids is 1. The predicted molar refractivity (Wildman–Crippen MR) is 79.5 cm³/mol. The molecule has 7 nitrogen and oxygen atoms in total. The van der Waals surface area contributed by atoms with E-state index in [1.54, 1.807) is 4.90 Å². The van der Waals surface area contributed by atoms with Crippen molar-refractivity contribution in [2.45, 2.75) is 33.3 Å². The first-order chi connectivity index (χ1) is 10.3. The molecule has 1 aromatic heterocycles. The quantitative estimate of drug-likeness (QED) is 0.877. The first-order valence-corrected chi connectivity index (χ1v) is 7.43. The number of morpholine rings is 1. The van der Waals surface area contributed by atoms with E-state index in [1.807, 2.05) is 32.5 Å². The lowest BCUT2D eigenvalue weighted by Gasteiger charge is -2.32. The summed E-state index contributed by atoms with van der Waals surface area (Å²) in [6, 6.07) is 0. The van der Waals surface area contributed by atoms with Gasteiger partial charge in [0.15, 0.2) is 6.10 Å². The highest BCUT2D eigenvalue weighted by molar-refractivity contribution is 5.80. The van der Waals surface area contributed by atoms with Crippen molar-refractivity contribution >= 4 is 11.9 Å². The van der Waals surface area contributed by atoms with Crippen LogP contribution in [0.5, 0.6) is 0 Å². The number of aryl methyl sites for hydroxylation is 2. The minimum Gasteiger partial charge on any atom is -0.479 e. The zero-order valence-electron chi connectivity index (χ0n) is 13.5. The smallest absolute Gasteiger partial charge is 0.334 e. The Bertz CT molecular complexity index is 582. The van der Waals surface area contributed by atoms with Gasteiger partial charge in [-0.2, -0.15) is 5.10 Å². The molecule has 1 aliphatic rings. The Kier molecular flexibility index (Phi) is 4.85. The summed E-state index contributed by atoms with van der Waals surface area (Å²) < 4.78 is 6.97. The molecule has 122 valence electrons. The largest absolute Gasteiger partial charge is 0.479 e. The number of carbonyl (C=O) groups is 2. The van der Waals surface area contributed by atoms with Gasteiger partial charge in [0.05, 0.1) is 18.8 Å². The number of carboxylic acid groups (broad SMARTS) is 1. The zero-order chi connectivity index (χ0) is 16.4. The highest BCUT2D eigenvalue weighted by Crippen LogP contribution is 2.19. The maximum Gasteiger partial charge on any atom is 0.334 e. The number of amides is 1. The monoisotopic (exact) mass is 309 g/mol. The van der Waals surface area contributed by atoms with E-state index >= 15 is 0 Å². The molecule has 1 amide bonds. The molecule has 2 rings (SSSR count). The Morgan fingerprint density at radius 2 is 2.14 bits per heavy atom. The molecule has 2 unspecified atom stereocenters. The van der Waals surface area contributed by atoms with Gasteiger partial charge in [0, 0.05) is 25.2 Å². The number of hydrogen-bond donors (Lipinski definition) is 1. The standard InChI is InChI=1S/C15H23N3O4/c1-9(7-12-10(2)16-17(4)11(12)3)14(19)18-5-6-22-13(8-18)15(20)21/h9,13H,5-8H2,1-4H3,(H,20,21). The summed E-state index contributed by atoms with van der Waals surface area (Å²) >= 11 is 0. The van der Waals surface area contributed by atoms with Crippen molar-refractivity contribution in [3.8, 4) is 0 Å². The number of aliphatic carboxylic acids is 1. The minimum atomic E-state index is -1.02. The Morgan fingerprint density at radius 3 is 2.68 bits per heavy atom. The highest BCUT2D eigenvalue weighted by atomic mass is 16.5. The van der Waals surface area contributed by atoms with Gasteiger partial charge in [0.25, 0.3) is 0 Å². The van der Waals surface area contributed by atoms with Gasteiger partial charge >= 0.3 is 5.97 Å². The van der Waals surface area contributed by atoms with Crippen molar-refractivity contribution in [3.63, 3.8) is 0 Å². The molecule has 0 spiro atoms. The van der Waals surface area contributed by atoms with Crippen LogP contribution in [-0.2, 0) is 27.8 Å². The van der Waals surface area contributed by atoms with E-state index in [0.29, 0.717) is 13.0 Å². The van der Waals surface area contributed by atoms with E-state index in [1.165, 1.54) is 0 Å². The number of nitrogens with zero attached hydrogens (tertiary/aromatic N) is 3. The number of hydrogen-bond acceptors (Lipinski definition) is 4. The minimum absolute atomic E-state index is 0.0304. The summed E-state index contributed by atoms with van der Waals surface area (Å²) in [4.78, 5) is 25.1. The molecule has 7 heteroatoms. The molecule has 0 bridgehead atoms. The van der Waals surface area contributed by atoms with Gasteiger partial charge in [-0.3, -0.25) is 9.48 Å². The molecular weight excluding hydrogens is 286 g/mol. The maximum absolute atomic E-state index is 12.6. The van der Waals surface area contributed by atoms with Crippen LogP contribution in [0.4, 0.5) is 0 Å². The number of aromatic nitrogens is 2. The summed E-state index contributed by atoms with van der Waals surface area (Å²) in [6.07, 6.45) is -0.314. The summed E-state index contributed by atoms with van der Waals surface area (Å²) in [5, 5.41) is 13.4. The molecule has 0 saturated carbocycles. The Labute approximate surface area is 129 Å². The average molecular weight is 309 g/mol. The first kappa shape index (κ1) is 16.5. The van der Waals surface area contributed by atoms with Crippen molar-refractivity contribution in [1.29, 1.82) is 0 Å². The molecule has 1 aliphatic heterocycles. The van der Waals surface area contributed by atoms with Crippen LogP contribution < -0.4 is 0 Å². The second-order valence-corrected chi connectivity index (χ2v) is 5.86. The van der Waals surface area contributed by atoms with Gasteiger partial charge in [0.1, 0.15) is 0 Å². The number of rotatable bonds is 4. The van der Waals surface area contributed by atoms with Crippen LogP contribution in [0.2, 0.25) is 0 Å². The van der Waals surface area contributed by atoms with Gasteiger partial charge in [-0.25, -0.2) is 4.79 Å². The van der Waals surface area contributed by atoms with Crippen LogP contribution in [0.15, 0.2) is 0 Å². The fourth-order valence-electron chi connectivity index (χ4n) is 2.82. The van der Waals surface area contributed by atoms with Gasteiger partial charge in [0.2, 0.25) is 5.91 Å². The lowest BCUT2D eigenvalue weighted by atomic mass is 9.98. The Hall–Kier alpha value is -1.89. The second-order valence-electron chi connectivity index (χ2n) is 5.86. The molecule has 0 radical (unpaired) electrons. The Balaban J connectivity index is 2.04. The van der Waals surface area contributed by atoms with Crippen LogP contribution in [0.25, 0.3) is 0 Å². The fraction of sp³-hybridized carbons (Fsp3) is 0.667. The van der Waals surface area contributed by atoms with E-state index in [9.17, 15) is 9.59 Å². The van der Waals surface area contributed by atoms with Crippen LogP contribution in [-0.4, -0.2) is 57.5 Å². The van der Waals surface area contributed by atoms with Crippen molar-refractivity contribution in [2.75, 3.05) is 19.7 Å². The van der Waals surface area contributed by atoms with Crippen LogP contribution in [0.1, 0.15) is 23.9 Å². The lowest BCUT2D eigenvalue weighted by Crippen LogP contribution is -2.50. The van der Waals surface area contributed by atoms with Gasteiger partial charge in [-0.1, -0.05) is 6.92 Å². The van der Waals surface area contributed by atoms with Gasteiger partial charge in [-0.15, -0.1) is 0 Å². The predicted octanol–water partition coefficient (Wildman–Crippen LogP) is 0.528. The third-order valence-electron chi connectivity index (χ3n) is 4.24. The molecule has 2 atom stereocenters. The number of ether oxygens (including phenoxy) is 1. The topological polar surface area (TPSA) is 84.7 Å². The molecule has 0 aliphatic carbocycles. The molecule has 22 heavy (non-hydrogen) atoms. The van der Waals surface area contributed by atoms with Crippen molar-refractivity contribution in [3.05, 3.63) is 17.0 Å². The van der Waals surface area contributed by atoms with Crippen molar-refractivity contribution < 1.29 is 19.4 Å². The summed E-state index contributed by atoms with van der Waals surface area (Å²) in [6.45, 7) is 6.62. The maximum atomic E-state index is 12.6. The first-order valence-electron chi connectivity index (χ1n) is 7.43. The fourth-order valence-corrected chi connectivity index (χ4v) is 2.82. The third-order valence-corrected chi connectivity index (χ3v) is 4.24. The molecule has 1 saturated heterocycles. The van der Waals surface area contributed by atoms with E-state index < -0.39 is 12.1 Å². The lowest BCUT2D eigenvalue weighted by molar-refractivity contribution is -0.160. The van der Waals surface area contributed by atoms with Crippen LogP contribution in [0.3, 0.4) is 0 Å². The molecular formula is C15H23N3O4. The SMILES string of the molecule is Cc1nn(C)c(C)c1CC(C)C(=O)N1CCOC(C(=O)O)C1.